The smallest absolute Gasteiger partial charge is 0.254 e. The Morgan fingerprint density at radius 3 is 2.95 bits per heavy atom. The van der Waals surface area contributed by atoms with E-state index in [0.29, 0.717) is 11.1 Å². The maximum atomic E-state index is 12.7. The van der Waals surface area contributed by atoms with Gasteiger partial charge in [-0.3, -0.25) is 14.3 Å². The molecule has 5 heteroatoms. The van der Waals surface area contributed by atoms with E-state index >= 15 is 0 Å². The van der Waals surface area contributed by atoms with Crippen molar-refractivity contribution in [3.8, 4) is 0 Å². The van der Waals surface area contributed by atoms with Crippen molar-refractivity contribution in [3.63, 3.8) is 0 Å². The molecule has 1 amide bonds. The number of aryl methyl sites for hydroxylation is 1. The lowest BCUT2D eigenvalue weighted by molar-refractivity contribution is 0.0732. The van der Waals surface area contributed by atoms with Crippen LogP contribution in [0, 0.1) is 0 Å². The number of carbonyl (C=O) groups is 2. The monoisotopic (exact) mass is 283 g/mol. The Morgan fingerprint density at radius 1 is 1.38 bits per heavy atom. The van der Waals surface area contributed by atoms with Crippen LogP contribution in [0.15, 0.2) is 36.5 Å². The number of nitrogens with zero attached hydrogens (tertiary/aromatic N) is 3. The Balaban J connectivity index is 1.87. The molecule has 0 N–H and O–H groups in total. The van der Waals surface area contributed by atoms with Gasteiger partial charge in [0, 0.05) is 30.9 Å². The van der Waals surface area contributed by atoms with Gasteiger partial charge < -0.3 is 4.90 Å². The normalized spacial score (nSPS) is 18.0. The van der Waals surface area contributed by atoms with E-state index in [1.54, 1.807) is 28.9 Å². The molecule has 1 atom stereocenters. The molecule has 108 valence electrons. The zero-order valence-corrected chi connectivity index (χ0v) is 11.9. The predicted octanol–water partition coefficient (Wildman–Crippen LogP) is 2.21. The number of hydrogen-bond acceptors (Lipinski definition) is 3. The van der Waals surface area contributed by atoms with Gasteiger partial charge in [-0.05, 0) is 31.0 Å². The Labute approximate surface area is 123 Å². The molecule has 1 unspecified atom stereocenters. The van der Waals surface area contributed by atoms with E-state index in [-0.39, 0.29) is 11.9 Å². The van der Waals surface area contributed by atoms with E-state index in [1.807, 2.05) is 24.2 Å². The number of aldehydes is 1. The average molecular weight is 283 g/mol. The largest absolute Gasteiger partial charge is 0.330 e. The molecule has 1 aromatic carbocycles. The highest BCUT2D eigenvalue weighted by molar-refractivity contribution is 5.96. The Morgan fingerprint density at radius 2 is 2.24 bits per heavy atom. The van der Waals surface area contributed by atoms with Crippen LogP contribution in [-0.4, -0.2) is 33.4 Å². The van der Waals surface area contributed by atoms with Crippen LogP contribution < -0.4 is 0 Å². The first-order valence-corrected chi connectivity index (χ1v) is 7.05. The molecule has 1 fully saturated rings. The van der Waals surface area contributed by atoms with Gasteiger partial charge in [0.15, 0.2) is 0 Å². The summed E-state index contributed by atoms with van der Waals surface area (Å²) in [5, 5.41) is 4.42. The molecule has 1 aromatic heterocycles. The zero-order chi connectivity index (χ0) is 14.8. The highest BCUT2D eigenvalue weighted by Crippen LogP contribution is 2.32. The van der Waals surface area contributed by atoms with Crippen LogP contribution in [0.2, 0.25) is 0 Å². The Kier molecular flexibility index (Phi) is 3.56. The van der Waals surface area contributed by atoms with Crippen LogP contribution in [0.25, 0.3) is 0 Å². The summed E-state index contributed by atoms with van der Waals surface area (Å²) in [6.45, 7) is 0.728. The number of aromatic nitrogens is 2. The summed E-state index contributed by atoms with van der Waals surface area (Å²) >= 11 is 0. The fourth-order valence-corrected chi connectivity index (χ4v) is 2.84. The van der Waals surface area contributed by atoms with Gasteiger partial charge in [0.1, 0.15) is 6.29 Å². The molecule has 0 bridgehead atoms. The molecule has 1 aliphatic rings. The summed E-state index contributed by atoms with van der Waals surface area (Å²) in [5.41, 5.74) is 2.01. The summed E-state index contributed by atoms with van der Waals surface area (Å²) in [6, 6.07) is 8.82. The van der Waals surface area contributed by atoms with E-state index in [9.17, 15) is 9.59 Å². The Hall–Kier alpha value is -2.43. The van der Waals surface area contributed by atoms with E-state index in [4.69, 9.17) is 0 Å². The first-order chi connectivity index (χ1) is 10.2. The standard InChI is InChI=1S/C16H17N3O2/c1-18-9-7-14(17-18)15-6-3-8-19(15)16(21)13-5-2-4-12(10-13)11-20/h2,4-5,7,9-11,15H,3,6,8H2,1H3. The lowest BCUT2D eigenvalue weighted by Crippen LogP contribution is -2.30. The number of amides is 1. The van der Waals surface area contributed by atoms with Crippen molar-refractivity contribution < 1.29 is 9.59 Å². The van der Waals surface area contributed by atoms with Crippen molar-refractivity contribution in [2.45, 2.75) is 18.9 Å². The second-order valence-electron chi connectivity index (χ2n) is 5.31. The van der Waals surface area contributed by atoms with E-state index in [2.05, 4.69) is 5.10 Å². The van der Waals surface area contributed by atoms with Crippen molar-refractivity contribution in [2.75, 3.05) is 6.54 Å². The van der Waals surface area contributed by atoms with E-state index in [1.165, 1.54) is 0 Å². The molecule has 2 heterocycles. The second kappa shape index (κ2) is 5.52. The van der Waals surface area contributed by atoms with Crippen molar-refractivity contribution in [2.24, 2.45) is 7.05 Å². The maximum Gasteiger partial charge on any atom is 0.254 e. The minimum Gasteiger partial charge on any atom is -0.330 e. The van der Waals surface area contributed by atoms with Crippen LogP contribution in [0.1, 0.15) is 45.3 Å². The second-order valence-corrected chi connectivity index (χ2v) is 5.31. The van der Waals surface area contributed by atoms with Crippen LogP contribution in [0.4, 0.5) is 0 Å². The SMILES string of the molecule is Cn1ccc(C2CCCN2C(=O)c2cccc(C=O)c2)n1. The van der Waals surface area contributed by atoms with E-state index in [0.717, 1.165) is 31.4 Å². The average Bonchev–Trinajstić information content (AvgIpc) is 3.15. The molecule has 3 rings (SSSR count). The third-order valence-electron chi connectivity index (χ3n) is 3.86. The molecular weight excluding hydrogens is 266 g/mol. The minimum absolute atomic E-state index is 0.0265. The lowest BCUT2D eigenvalue weighted by atomic mass is 10.1. The van der Waals surface area contributed by atoms with Gasteiger partial charge in [0.25, 0.3) is 5.91 Å². The fourth-order valence-electron chi connectivity index (χ4n) is 2.84. The molecular formula is C16H17N3O2. The maximum absolute atomic E-state index is 12.7. The number of likely N-dealkylation sites (tertiary alicyclic amines) is 1. The van der Waals surface area contributed by atoms with Crippen LogP contribution >= 0.6 is 0 Å². The molecule has 0 aliphatic carbocycles. The number of rotatable bonds is 3. The fraction of sp³-hybridized carbons (Fsp3) is 0.312. The van der Waals surface area contributed by atoms with Gasteiger partial charge in [-0.2, -0.15) is 5.10 Å². The summed E-state index contributed by atoms with van der Waals surface area (Å²) < 4.78 is 1.75. The molecule has 5 nitrogen and oxygen atoms in total. The third-order valence-corrected chi connectivity index (χ3v) is 3.86. The van der Waals surface area contributed by atoms with Crippen molar-refractivity contribution >= 4 is 12.2 Å². The highest BCUT2D eigenvalue weighted by atomic mass is 16.2. The van der Waals surface area contributed by atoms with E-state index < -0.39 is 0 Å². The van der Waals surface area contributed by atoms with Gasteiger partial charge >= 0.3 is 0 Å². The van der Waals surface area contributed by atoms with Crippen molar-refractivity contribution in [3.05, 3.63) is 53.3 Å². The summed E-state index contributed by atoms with van der Waals surface area (Å²) in [5.74, 6) is -0.0353. The molecule has 0 spiro atoms. The quantitative estimate of drug-likeness (QED) is 0.812. The van der Waals surface area contributed by atoms with Crippen LogP contribution in [0.5, 0.6) is 0 Å². The number of hydrogen-bond donors (Lipinski definition) is 0. The minimum atomic E-state index is -0.0353. The van der Waals surface area contributed by atoms with Gasteiger partial charge in [-0.1, -0.05) is 12.1 Å². The van der Waals surface area contributed by atoms with Gasteiger partial charge in [-0.25, -0.2) is 0 Å². The molecule has 21 heavy (non-hydrogen) atoms. The number of carbonyl (C=O) groups excluding carboxylic acids is 2. The highest BCUT2D eigenvalue weighted by Gasteiger charge is 2.32. The molecule has 1 aliphatic heterocycles. The first-order valence-electron chi connectivity index (χ1n) is 7.05. The van der Waals surface area contributed by atoms with Gasteiger partial charge in [0.05, 0.1) is 11.7 Å². The first kappa shape index (κ1) is 13.5. The van der Waals surface area contributed by atoms with Gasteiger partial charge in [0.2, 0.25) is 0 Å². The van der Waals surface area contributed by atoms with Crippen molar-refractivity contribution in [1.29, 1.82) is 0 Å². The van der Waals surface area contributed by atoms with Gasteiger partial charge in [-0.15, -0.1) is 0 Å². The van der Waals surface area contributed by atoms with Crippen molar-refractivity contribution in [1.82, 2.24) is 14.7 Å². The molecule has 1 saturated heterocycles. The molecule has 0 saturated carbocycles. The summed E-state index contributed by atoms with van der Waals surface area (Å²) in [7, 11) is 1.87. The zero-order valence-electron chi connectivity index (χ0n) is 11.9. The molecule has 0 radical (unpaired) electrons. The summed E-state index contributed by atoms with van der Waals surface area (Å²) in [6.07, 6.45) is 4.55. The van der Waals surface area contributed by atoms with Crippen LogP contribution in [-0.2, 0) is 7.05 Å². The number of benzene rings is 1. The van der Waals surface area contributed by atoms with Crippen LogP contribution in [0.3, 0.4) is 0 Å². The molecule has 2 aromatic rings. The lowest BCUT2D eigenvalue weighted by Gasteiger charge is -2.23. The topological polar surface area (TPSA) is 55.2 Å². The Bertz CT molecular complexity index is 678. The third kappa shape index (κ3) is 2.59. The predicted molar refractivity (Wildman–Crippen MR) is 78.0 cm³/mol. The summed E-state index contributed by atoms with van der Waals surface area (Å²) in [4.78, 5) is 25.4.